The van der Waals surface area contributed by atoms with Gasteiger partial charge in [-0.2, -0.15) is 0 Å². The second kappa shape index (κ2) is 6.67. The molecule has 6 nitrogen and oxygen atoms in total. The van der Waals surface area contributed by atoms with Gasteiger partial charge in [-0.3, -0.25) is 5.10 Å². The fourth-order valence-electron chi connectivity index (χ4n) is 1.58. The lowest BCUT2D eigenvalue weighted by Crippen LogP contribution is -2.05. The molecule has 0 saturated carbocycles. The van der Waals surface area contributed by atoms with Gasteiger partial charge < -0.3 is 4.74 Å². The first-order valence-corrected chi connectivity index (χ1v) is 9.38. The molecule has 1 aromatic heterocycles. The van der Waals surface area contributed by atoms with Gasteiger partial charge in [0.25, 0.3) is 0 Å². The second-order valence-electron chi connectivity index (χ2n) is 4.29. The number of benzene rings is 1. The summed E-state index contributed by atoms with van der Waals surface area (Å²) < 4.78 is 27.4. The standard InChI is InChI=1S/C12H14ClN3O3S2/c1-19-10-4-3-8(13)7-9(10)11-14-12(16-15-11)20-5-6-21(2,17)18/h3-4,7H,5-6H2,1-2H3,(H,14,15,16). The first kappa shape index (κ1) is 16.1. The summed E-state index contributed by atoms with van der Waals surface area (Å²) in [4.78, 5) is 4.31. The number of aromatic nitrogens is 3. The maximum Gasteiger partial charge on any atom is 0.208 e. The highest BCUT2D eigenvalue weighted by molar-refractivity contribution is 8.00. The third kappa shape index (κ3) is 4.62. The van der Waals surface area contributed by atoms with Crippen LogP contribution in [-0.2, 0) is 9.84 Å². The first-order valence-electron chi connectivity index (χ1n) is 5.96. The van der Waals surface area contributed by atoms with Crippen LogP contribution in [0, 0.1) is 0 Å². The smallest absolute Gasteiger partial charge is 0.208 e. The van der Waals surface area contributed by atoms with Crippen molar-refractivity contribution < 1.29 is 13.2 Å². The minimum atomic E-state index is -2.98. The number of H-pyrrole nitrogens is 1. The van der Waals surface area contributed by atoms with E-state index in [2.05, 4.69) is 15.2 Å². The van der Waals surface area contributed by atoms with E-state index >= 15 is 0 Å². The van der Waals surface area contributed by atoms with Crippen LogP contribution in [0.5, 0.6) is 5.75 Å². The van der Waals surface area contributed by atoms with E-state index in [0.29, 0.717) is 33.1 Å². The van der Waals surface area contributed by atoms with Gasteiger partial charge in [0.15, 0.2) is 5.82 Å². The van der Waals surface area contributed by atoms with Gasteiger partial charge in [0.2, 0.25) is 5.16 Å². The normalized spacial score (nSPS) is 11.6. The maximum atomic E-state index is 11.1. The highest BCUT2D eigenvalue weighted by Gasteiger charge is 2.12. The van der Waals surface area contributed by atoms with Gasteiger partial charge in [0.05, 0.1) is 18.4 Å². The molecule has 0 radical (unpaired) electrons. The Morgan fingerprint density at radius 3 is 2.86 bits per heavy atom. The number of nitrogens with zero attached hydrogens (tertiary/aromatic N) is 2. The highest BCUT2D eigenvalue weighted by Crippen LogP contribution is 2.31. The van der Waals surface area contributed by atoms with Crippen LogP contribution in [0.3, 0.4) is 0 Å². The lowest BCUT2D eigenvalue weighted by atomic mass is 10.2. The average Bonchev–Trinajstić information content (AvgIpc) is 2.86. The summed E-state index contributed by atoms with van der Waals surface area (Å²) in [6, 6.07) is 5.20. The fraction of sp³-hybridized carbons (Fsp3) is 0.333. The zero-order valence-electron chi connectivity index (χ0n) is 11.5. The highest BCUT2D eigenvalue weighted by atomic mass is 35.5. The molecule has 2 rings (SSSR count). The van der Waals surface area contributed by atoms with Crippen LogP contribution in [0.15, 0.2) is 23.4 Å². The molecule has 2 aromatic rings. The van der Waals surface area contributed by atoms with Crippen molar-refractivity contribution in [1.29, 1.82) is 0 Å². The quantitative estimate of drug-likeness (QED) is 0.807. The summed E-state index contributed by atoms with van der Waals surface area (Å²) in [5.41, 5.74) is 0.701. The number of methoxy groups -OCH3 is 1. The Hall–Kier alpha value is -1.25. The lowest BCUT2D eigenvalue weighted by molar-refractivity contribution is 0.416. The zero-order valence-corrected chi connectivity index (χ0v) is 13.8. The molecule has 0 amide bonds. The van der Waals surface area contributed by atoms with Crippen molar-refractivity contribution in [3.05, 3.63) is 23.2 Å². The van der Waals surface area contributed by atoms with Crippen molar-refractivity contribution in [3.8, 4) is 17.1 Å². The molecule has 0 aliphatic rings. The number of nitrogens with one attached hydrogen (secondary N) is 1. The van der Waals surface area contributed by atoms with Gasteiger partial charge in [0.1, 0.15) is 15.6 Å². The third-order valence-electron chi connectivity index (χ3n) is 2.57. The van der Waals surface area contributed by atoms with E-state index in [1.54, 1.807) is 25.3 Å². The van der Waals surface area contributed by atoms with Crippen molar-refractivity contribution in [2.45, 2.75) is 5.16 Å². The summed E-state index contributed by atoms with van der Waals surface area (Å²) in [5, 5.41) is 7.90. The molecule has 21 heavy (non-hydrogen) atoms. The predicted molar refractivity (Wildman–Crippen MR) is 83.8 cm³/mol. The van der Waals surface area contributed by atoms with Gasteiger partial charge in [-0.25, -0.2) is 13.4 Å². The molecule has 0 saturated heterocycles. The Morgan fingerprint density at radius 1 is 1.43 bits per heavy atom. The van der Waals surface area contributed by atoms with Crippen LogP contribution < -0.4 is 4.74 Å². The Bertz CT molecular complexity index is 731. The van der Waals surface area contributed by atoms with Crippen molar-refractivity contribution in [2.75, 3.05) is 24.9 Å². The predicted octanol–water partition coefficient (Wildman–Crippen LogP) is 2.27. The monoisotopic (exact) mass is 347 g/mol. The summed E-state index contributed by atoms with van der Waals surface area (Å²) in [5.74, 6) is 1.64. The van der Waals surface area contributed by atoms with Gasteiger partial charge in [-0.1, -0.05) is 23.4 Å². The van der Waals surface area contributed by atoms with Crippen LogP contribution in [0.1, 0.15) is 0 Å². The molecule has 9 heteroatoms. The van der Waals surface area contributed by atoms with Crippen molar-refractivity contribution in [3.63, 3.8) is 0 Å². The van der Waals surface area contributed by atoms with Crippen LogP contribution in [-0.4, -0.2) is 48.5 Å². The summed E-state index contributed by atoms with van der Waals surface area (Å²) in [6.07, 6.45) is 1.20. The average molecular weight is 348 g/mol. The van der Waals surface area contributed by atoms with Crippen LogP contribution in [0.25, 0.3) is 11.4 Å². The molecule has 114 valence electrons. The zero-order chi connectivity index (χ0) is 15.5. The largest absolute Gasteiger partial charge is 0.496 e. The minimum Gasteiger partial charge on any atom is -0.496 e. The van der Waals surface area contributed by atoms with E-state index in [4.69, 9.17) is 16.3 Å². The number of halogens is 1. The molecule has 1 N–H and O–H groups in total. The summed E-state index contributed by atoms with van der Waals surface area (Å²) in [7, 11) is -1.42. The number of sulfone groups is 1. The number of hydrogen-bond acceptors (Lipinski definition) is 6. The number of hydrogen-bond donors (Lipinski definition) is 1. The maximum absolute atomic E-state index is 11.1. The van der Waals surface area contributed by atoms with Crippen molar-refractivity contribution in [1.82, 2.24) is 15.2 Å². The molecular weight excluding hydrogens is 334 g/mol. The molecule has 0 spiro atoms. The number of thioether (sulfide) groups is 1. The van der Waals surface area contributed by atoms with Crippen LogP contribution in [0.4, 0.5) is 0 Å². The van der Waals surface area contributed by atoms with Crippen molar-refractivity contribution in [2.24, 2.45) is 0 Å². The Morgan fingerprint density at radius 2 is 2.19 bits per heavy atom. The van der Waals surface area contributed by atoms with E-state index in [0.717, 1.165) is 0 Å². The minimum absolute atomic E-state index is 0.0853. The summed E-state index contributed by atoms with van der Waals surface area (Å²) >= 11 is 7.25. The fourth-order valence-corrected chi connectivity index (χ4v) is 3.75. The van der Waals surface area contributed by atoms with E-state index in [-0.39, 0.29) is 5.75 Å². The summed E-state index contributed by atoms with van der Waals surface area (Å²) in [6.45, 7) is 0. The molecule has 0 atom stereocenters. The SMILES string of the molecule is COc1ccc(Cl)cc1-c1nc(SCCS(C)(=O)=O)n[nH]1. The molecule has 1 aromatic carbocycles. The van der Waals surface area contributed by atoms with Gasteiger partial charge in [0, 0.05) is 17.0 Å². The topological polar surface area (TPSA) is 84.9 Å². The van der Waals surface area contributed by atoms with Crippen molar-refractivity contribution >= 4 is 33.2 Å². The molecule has 0 aliphatic heterocycles. The molecule has 1 heterocycles. The third-order valence-corrected chi connectivity index (χ3v) is 4.86. The van der Waals surface area contributed by atoms with Gasteiger partial charge in [-0.05, 0) is 18.2 Å². The van der Waals surface area contributed by atoms with E-state index in [9.17, 15) is 8.42 Å². The molecular formula is C12H14ClN3O3S2. The first-order chi connectivity index (χ1) is 9.89. The van der Waals surface area contributed by atoms with Crippen LogP contribution >= 0.6 is 23.4 Å². The van der Waals surface area contributed by atoms with Gasteiger partial charge >= 0.3 is 0 Å². The Balaban J connectivity index is 2.14. The number of ether oxygens (including phenoxy) is 1. The second-order valence-corrected chi connectivity index (χ2v) is 8.05. The van der Waals surface area contributed by atoms with Gasteiger partial charge in [-0.15, -0.1) is 5.10 Å². The van der Waals surface area contributed by atoms with E-state index in [1.807, 2.05) is 0 Å². The molecule has 0 aliphatic carbocycles. The van der Waals surface area contributed by atoms with E-state index < -0.39 is 9.84 Å². The van der Waals surface area contributed by atoms with E-state index in [1.165, 1.54) is 18.0 Å². The molecule has 0 unspecified atom stereocenters. The number of aromatic amines is 1. The number of rotatable bonds is 6. The lowest BCUT2D eigenvalue weighted by Gasteiger charge is -2.05. The molecule has 0 bridgehead atoms. The Labute approximate surface area is 132 Å². The Kier molecular flexibility index (Phi) is 5.13. The van der Waals surface area contributed by atoms with Crippen LogP contribution in [0.2, 0.25) is 5.02 Å². The molecule has 0 fully saturated rings.